The highest BCUT2D eigenvalue weighted by atomic mass is 16.5. The molecule has 1 aromatic rings. The van der Waals surface area contributed by atoms with Gasteiger partial charge in [-0.05, 0) is 44.2 Å². The number of ketones is 1. The first-order valence-corrected chi connectivity index (χ1v) is 9.03. The summed E-state index contributed by atoms with van der Waals surface area (Å²) >= 11 is 0. The molecule has 0 amide bonds. The van der Waals surface area contributed by atoms with Crippen LogP contribution >= 0.6 is 0 Å². The smallest absolute Gasteiger partial charge is 0.323 e. The molecule has 0 spiro atoms. The summed E-state index contributed by atoms with van der Waals surface area (Å²) in [6.45, 7) is 7.39. The molecule has 1 unspecified atom stereocenters. The number of cyclic esters (lactones) is 1. The highest BCUT2D eigenvalue weighted by Crippen LogP contribution is 2.17. The third kappa shape index (κ3) is 5.17. The van der Waals surface area contributed by atoms with Crippen molar-refractivity contribution in [3.8, 4) is 0 Å². The second-order valence-corrected chi connectivity index (χ2v) is 6.78. The van der Waals surface area contributed by atoms with Crippen molar-refractivity contribution in [2.24, 2.45) is 0 Å². The zero-order chi connectivity index (χ0) is 17.5. The van der Waals surface area contributed by atoms with Crippen LogP contribution < -0.4 is 0 Å². The van der Waals surface area contributed by atoms with Crippen LogP contribution in [0.3, 0.4) is 0 Å². The fourth-order valence-electron chi connectivity index (χ4n) is 3.21. The van der Waals surface area contributed by atoms with Crippen LogP contribution in [0, 0.1) is 0 Å². The van der Waals surface area contributed by atoms with E-state index in [1.165, 1.54) is 11.1 Å². The molecule has 1 aliphatic rings. The summed E-state index contributed by atoms with van der Waals surface area (Å²) in [5.41, 5.74) is 2.60. The van der Waals surface area contributed by atoms with Crippen LogP contribution in [0.5, 0.6) is 0 Å². The van der Waals surface area contributed by atoms with Crippen molar-refractivity contribution in [2.45, 2.75) is 65.0 Å². The number of benzene rings is 1. The Labute approximate surface area is 145 Å². The third-order valence-corrected chi connectivity index (χ3v) is 4.70. The van der Waals surface area contributed by atoms with Crippen LogP contribution in [0.15, 0.2) is 24.3 Å². The van der Waals surface area contributed by atoms with Crippen LogP contribution in [-0.4, -0.2) is 41.9 Å². The lowest BCUT2D eigenvalue weighted by molar-refractivity contribution is -0.160. The number of aryl methyl sites for hydroxylation is 2. The van der Waals surface area contributed by atoms with Gasteiger partial charge in [-0.1, -0.05) is 31.2 Å². The van der Waals surface area contributed by atoms with Gasteiger partial charge < -0.3 is 4.74 Å². The monoisotopic (exact) mass is 331 g/mol. The predicted molar refractivity (Wildman–Crippen MR) is 95.0 cm³/mol. The lowest BCUT2D eigenvalue weighted by atomic mass is 10.00. The molecular formula is C20H29NO3. The zero-order valence-electron chi connectivity index (χ0n) is 15.1. The molecule has 1 saturated heterocycles. The number of morpholine rings is 1. The maximum atomic E-state index is 12.3. The fourth-order valence-corrected chi connectivity index (χ4v) is 3.21. The van der Waals surface area contributed by atoms with Crippen molar-refractivity contribution in [1.29, 1.82) is 0 Å². The molecule has 0 aliphatic carbocycles. The first-order chi connectivity index (χ1) is 11.5. The molecule has 1 aromatic carbocycles. The van der Waals surface area contributed by atoms with Gasteiger partial charge in [-0.3, -0.25) is 14.5 Å². The molecule has 132 valence electrons. The van der Waals surface area contributed by atoms with Crippen LogP contribution in [0.1, 0.15) is 51.2 Å². The van der Waals surface area contributed by atoms with E-state index in [4.69, 9.17) is 4.74 Å². The average Bonchev–Trinajstić information content (AvgIpc) is 2.57. The minimum absolute atomic E-state index is 0.148. The Balaban J connectivity index is 1.80. The zero-order valence-corrected chi connectivity index (χ0v) is 15.1. The van der Waals surface area contributed by atoms with Crippen molar-refractivity contribution < 1.29 is 14.3 Å². The van der Waals surface area contributed by atoms with E-state index in [1.54, 1.807) is 0 Å². The number of nitrogens with zero attached hydrogens (tertiary/aromatic N) is 1. The maximum absolute atomic E-state index is 12.3. The molecular weight excluding hydrogens is 302 g/mol. The molecule has 4 nitrogen and oxygen atoms in total. The van der Waals surface area contributed by atoms with Gasteiger partial charge in [-0.15, -0.1) is 0 Å². The lowest BCUT2D eigenvalue weighted by Crippen LogP contribution is -2.52. The Morgan fingerprint density at radius 1 is 1.25 bits per heavy atom. The molecule has 0 radical (unpaired) electrons. The van der Waals surface area contributed by atoms with E-state index in [9.17, 15) is 9.59 Å². The number of ether oxygens (including phenoxy) is 1. The van der Waals surface area contributed by atoms with Gasteiger partial charge in [-0.25, -0.2) is 0 Å². The Hall–Kier alpha value is -1.68. The van der Waals surface area contributed by atoms with Gasteiger partial charge in [0.1, 0.15) is 18.4 Å². The molecule has 1 aliphatic heterocycles. The van der Waals surface area contributed by atoms with E-state index >= 15 is 0 Å². The minimum Gasteiger partial charge on any atom is -0.463 e. The molecule has 4 heteroatoms. The van der Waals surface area contributed by atoms with Crippen molar-refractivity contribution in [2.75, 3.05) is 13.2 Å². The van der Waals surface area contributed by atoms with Crippen LogP contribution in [-0.2, 0) is 27.2 Å². The molecule has 24 heavy (non-hydrogen) atoms. The lowest BCUT2D eigenvalue weighted by Gasteiger charge is -2.36. The van der Waals surface area contributed by atoms with Gasteiger partial charge in [-0.2, -0.15) is 0 Å². The molecule has 1 fully saturated rings. The molecule has 0 aromatic heterocycles. The van der Waals surface area contributed by atoms with E-state index in [1.807, 2.05) is 0 Å². The highest BCUT2D eigenvalue weighted by molar-refractivity contribution is 5.86. The molecule has 1 heterocycles. The highest BCUT2D eigenvalue weighted by Gasteiger charge is 2.34. The van der Waals surface area contributed by atoms with Crippen molar-refractivity contribution in [3.63, 3.8) is 0 Å². The topological polar surface area (TPSA) is 46.6 Å². The first-order valence-electron chi connectivity index (χ1n) is 9.03. The molecule has 0 saturated carbocycles. The number of carbonyl (C=O) groups excluding carboxylic acids is 2. The standard InChI is InChI=1S/C20H29NO3/c1-4-16-8-10-17(11-9-16)6-5-7-18(22)14-19-20(23)24-13-12-21(19)15(2)3/h8-11,15,19H,4-7,12-14H2,1-3H3. The Morgan fingerprint density at radius 3 is 2.54 bits per heavy atom. The van der Waals surface area contributed by atoms with Crippen LogP contribution in [0.4, 0.5) is 0 Å². The molecule has 0 bridgehead atoms. The Kier molecular flexibility index (Phi) is 6.98. The molecule has 2 rings (SSSR count). The second-order valence-electron chi connectivity index (χ2n) is 6.78. The largest absolute Gasteiger partial charge is 0.463 e. The number of Topliss-reactive ketones (excluding diaryl/α,β-unsaturated/α-hetero) is 1. The third-order valence-electron chi connectivity index (χ3n) is 4.70. The normalized spacial score (nSPS) is 18.7. The number of rotatable bonds is 8. The summed E-state index contributed by atoms with van der Waals surface area (Å²) in [5.74, 6) is -0.104. The van der Waals surface area contributed by atoms with Crippen LogP contribution in [0.2, 0.25) is 0 Å². The quantitative estimate of drug-likeness (QED) is 0.687. The predicted octanol–water partition coefficient (Wildman–Crippen LogP) is 3.17. The maximum Gasteiger partial charge on any atom is 0.323 e. The van der Waals surface area contributed by atoms with E-state index in [2.05, 4.69) is 49.9 Å². The Bertz CT molecular complexity index is 551. The number of hydrogen-bond donors (Lipinski definition) is 0. The number of esters is 1. The summed E-state index contributed by atoms with van der Waals surface area (Å²) in [6, 6.07) is 8.42. The summed E-state index contributed by atoms with van der Waals surface area (Å²) in [4.78, 5) is 26.3. The van der Waals surface area contributed by atoms with Crippen molar-refractivity contribution >= 4 is 11.8 Å². The van der Waals surface area contributed by atoms with Crippen molar-refractivity contribution in [3.05, 3.63) is 35.4 Å². The summed E-state index contributed by atoms with van der Waals surface area (Å²) in [6.07, 6.45) is 3.56. The van der Waals surface area contributed by atoms with Crippen molar-refractivity contribution in [1.82, 2.24) is 4.90 Å². The van der Waals surface area contributed by atoms with Gasteiger partial charge >= 0.3 is 5.97 Å². The number of hydrogen-bond acceptors (Lipinski definition) is 4. The Morgan fingerprint density at radius 2 is 1.92 bits per heavy atom. The van der Waals surface area contributed by atoms with Gasteiger partial charge in [0.05, 0.1) is 0 Å². The SMILES string of the molecule is CCc1ccc(CCCC(=O)CC2C(=O)OCCN2C(C)C)cc1. The van der Waals surface area contributed by atoms with E-state index in [-0.39, 0.29) is 24.2 Å². The summed E-state index contributed by atoms with van der Waals surface area (Å²) < 4.78 is 5.13. The minimum atomic E-state index is -0.407. The average molecular weight is 331 g/mol. The molecule has 1 atom stereocenters. The van der Waals surface area contributed by atoms with E-state index in [0.717, 1.165) is 19.3 Å². The van der Waals surface area contributed by atoms with E-state index in [0.29, 0.717) is 19.6 Å². The second kappa shape index (κ2) is 8.97. The van der Waals surface area contributed by atoms with Gasteiger partial charge in [0.15, 0.2) is 0 Å². The number of carbonyl (C=O) groups is 2. The van der Waals surface area contributed by atoms with E-state index < -0.39 is 6.04 Å². The van der Waals surface area contributed by atoms with Crippen LogP contribution in [0.25, 0.3) is 0 Å². The van der Waals surface area contributed by atoms with Gasteiger partial charge in [0, 0.05) is 25.4 Å². The van der Waals surface area contributed by atoms with Gasteiger partial charge in [0.25, 0.3) is 0 Å². The summed E-state index contributed by atoms with van der Waals surface area (Å²) in [7, 11) is 0. The van der Waals surface area contributed by atoms with Gasteiger partial charge in [0.2, 0.25) is 0 Å². The summed E-state index contributed by atoms with van der Waals surface area (Å²) in [5, 5.41) is 0. The first kappa shape index (κ1) is 18.7. The fraction of sp³-hybridized carbons (Fsp3) is 0.600. The molecule has 0 N–H and O–H groups in total.